The zero-order valence-electron chi connectivity index (χ0n) is 16.5. The highest BCUT2D eigenvalue weighted by atomic mass is 32.1. The molecule has 2 heterocycles. The number of hydrogen-bond acceptors (Lipinski definition) is 5. The number of carbonyl (C=O) groups excluding carboxylic acids is 2. The molecule has 0 aliphatic heterocycles. The summed E-state index contributed by atoms with van der Waals surface area (Å²) in [5.41, 5.74) is 4.41. The Morgan fingerprint density at radius 2 is 2.03 bits per heavy atom. The molecular formula is C24H22N2O3S. The van der Waals surface area contributed by atoms with Crippen LogP contribution in [0.2, 0.25) is 0 Å². The van der Waals surface area contributed by atoms with Crippen molar-refractivity contribution in [3.8, 4) is 0 Å². The number of nitrogens with one attached hydrogen (secondary N) is 1. The molecule has 2 aliphatic carbocycles. The van der Waals surface area contributed by atoms with Crippen molar-refractivity contribution in [1.29, 1.82) is 0 Å². The molecule has 3 aromatic rings. The average Bonchev–Trinajstić information content (AvgIpc) is 3.30. The minimum Gasteiger partial charge on any atom is -0.464 e. The molecule has 1 aromatic carbocycles. The monoisotopic (exact) mass is 418 g/mol. The van der Waals surface area contributed by atoms with E-state index in [9.17, 15) is 9.59 Å². The summed E-state index contributed by atoms with van der Waals surface area (Å²) in [6.07, 6.45) is 6.01. The fourth-order valence-electron chi connectivity index (χ4n) is 3.87. The van der Waals surface area contributed by atoms with Crippen molar-refractivity contribution in [3.05, 3.63) is 63.5 Å². The van der Waals surface area contributed by atoms with Gasteiger partial charge in [-0.1, -0.05) is 24.3 Å². The summed E-state index contributed by atoms with van der Waals surface area (Å²) in [6, 6.07) is 11.8. The number of aromatic nitrogens is 1. The van der Waals surface area contributed by atoms with Gasteiger partial charge >= 0.3 is 5.97 Å². The molecule has 30 heavy (non-hydrogen) atoms. The van der Waals surface area contributed by atoms with Crippen molar-refractivity contribution in [3.63, 3.8) is 0 Å². The second-order valence-electron chi connectivity index (χ2n) is 7.83. The van der Waals surface area contributed by atoms with Crippen LogP contribution in [0.3, 0.4) is 0 Å². The van der Waals surface area contributed by atoms with Crippen molar-refractivity contribution in [2.24, 2.45) is 5.92 Å². The molecule has 0 bridgehead atoms. The van der Waals surface area contributed by atoms with Crippen LogP contribution >= 0.6 is 11.3 Å². The summed E-state index contributed by atoms with van der Waals surface area (Å²) < 4.78 is 5.23. The Morgan fingerprint density at radius 1 is 1.17 bits per heavy atom. The number of hydrogen-bond donors (Lipinski definition) is 1. The Hall–Kier alpha value is -2.99. The molecule has 5 nitrogen and oxygen atoms in total. The van der Waals surface area contributed by atoms with Gasteiger partial charge in [0.15, 0.2) is 0 Å². The third-order valence-corrected chi connectivity index (χ3v) is 6.42. The topological polar surface area (TPSA) is 68.3 Å². The Kier molecular flexibility index (Phi) is 5.09. The number of rotatable bonds is 6. The summed E-state index contributed by atoms with van der Waals surface area (Å²) in [7, 11) is 0. The van der Waals surface area contributed by atoms with Crippen LogP contribution in [0, 0.1) is 5.92 Å². The SMILES string of the molecule is O=C(CNC(=O)c1c2c(nc3ccccc13)/C(=C\c1cccs1)CC2)OCC1CC1. The zero-order valence-corrected chi connectivity index (χ0v) is 17.3. The summed E-state index contributed by atoms with van der Waals surface area (Å²) in [5.74, 6) is -0.125. The molecule has 6 heteroatoms. The molecular weight excluding hydrogens is 396 g/mol. The van der Waals surface area contributed by atoms with Crippen LogP contribution in [-0.4, -0.2) is 30.0 Å². The normalized spacial score (nSPS) is 16.6. The van der Waals surface area contributed by atoms with E-state index in [1.165, 1.54) is 4.88 Å². The number of amides is 1. The number of allylic oxidation sites excluding steroid dienone is 1. The van der Waals surface area contributed by atoms with Gasteiger partial charge in [0.2, 0.25) is 0 Å². The van der Waals surface area contributed by atoms with Gasteiger partial charge < -0.3 is 10.1 Å². The van der Waals surface area contributed by atoms with Gasteiger partial charge in [-0.15, -0.1) is 11.3 Å². The number of para-hydroxylation sites is 1. The number of fused-ring (bicyclic) bond motifs is 2. The third-order valence-electron chi connectivity index (χ3n) is 5.60. The number of esters is 1. The van der Waals surface area contributed by atoms with Crippen LogP contribution in [0.4, 0.5) is 0 Å². The molecule has 0 atom stereocenters. The van der Waals surface area contributed by atoms with Crippen molar-refractivity contribution < 1.29 is 14.3 Å². The highest BCUT2D eigenvalue weighted by Crippen LogP contribution is 2.37. The fraction of sp³-hybridized carbons (Fsp3) is 0.292. The summed E-state index contributed by atoms with van der Waals surface area (Å²) in [5, 5.41) is 5.64. The van der Waals surface area contributed by atoms with Crippen LogP contribution < -0.4 is 5.32 Å². The Balaban J connectivity index is 1.45. The molecule has 0 spiro atoms. The first-order chi connectivity index (χ1) is 14.7. The lowest BCUT2D eigenvalue weighted by atomic mass is 10.00. The minimum absolute atomic E-state index is 0.116. The van der Waals surface area contributed by atoms with Crippen LogP contribution in [-0.2, 0) is 16.0 Å². The number of benzene rings is 1. The molecule has 1 N–H and O–H groups in total. The van der Waals surface area contributed by atoms with Crippen molar-refractivity contribution >= 4 is 45.8 Å². The lowest BCUT2D eigenvalue weighted by Gasteiger charge is -2.13. The molecule has 2 aromatic heterocycles. The predicted octanol–water partition coefficient (Wildman–Crippen LogP) is 4.47. The maximum atomic E-state index is 13.1. The van der Waals surface area contributed by atoms with E-state index in [0.717, 1.165) is 53.4 Å². The second-order valence-corrected chi connectivity index (χ2v) is 8.80. The minimum atomic E-state index is -0.386. The van der Waals surface area contributed by atoms with Crippen LogP contribution in [0.25, 0.3) is 22.6 Å². The molecule has 0 unspecified atom stereocenters. The lowest BCUT2D eigenvalue weighted by molar-refractivity contribution is -0.142. The molecule has 1 saturated carbocycles. The number of carbonyl (C=O) groups is 2. The maximum Gasteiger partial charge on any atom is 0.325 e. The van der Waals surface area contributed by atoms with E-state index in [1.54, 1.807) is 11.3 Å². The zero-order chi connectivity index (χ0) is 20.5. The van der Waals surface area contributed by atoms with E-state index in [1.807, 2.05) is 30.3 Å². The Morgan fingerprint density at radius 3 is 2.83 bits per heavy atom. The van der Waals surface area contributed by atoms with Crippen molar-refractivity contribution in [1.82, 2.24) is 10.3 Å². The molecule has 5 rings (SSSR count). The Labute approximate surface area is 178 Å². The smallest absolute Gasteiger partial charge is 0.325 e. The number of nitrogens with zero attached hydrogens (tertiary/aromatic N) is 1. The summed E-state index contributed by atoms with van der Waals surface area (Å²) in [4.78, 5) is 31.2. The summed E-state index contributed by atoms with van der Waals surface area (Å²) >= 11 is 1.69. The van der Waals surface area contributed by atoms with Crippen LogP contribution in [0.5, 0.6) is 0 Å². The van der Waals surface area contributed by atoms with Crippen molar-refractivity contribution in [2.75, 3.05) is 13.2 Å². The van der Waals surface area contributed by atoms with Gasteiger partial charge in [0.25, 0.3) is 5.91 Å². The van der Waals surface area contributed by atoms with Gasteiger partial charge in [0.05, 0.1) is 23.4 Å². The fourth-order valence-corrected chi connectivity index (χ4v) is 4.55. The molecule has 152 valence electrons. The largest absolute Gasteiger partial charge is 0.464 e. The van der Waals surface area contributed by atoms with E-state index in [4.69, 9.17) is 9.72 Å². The van der Waals surface area contributed by atoms with Gasteiger partial charge in [0, 0.05) is 10.3 Å². The van der Waals surface area contributed by atoms with Crippen molar-refractivity contribution in [2.45, 2.75) is 25.7 Å². The van der Waals surface area contributed by atoms with Crippen LogP contribution in [0.15, 0.2) is 41.8 Å². The average molecular weight is 419 g/mol. The van der Waals surface area contributed by atoms with Crippen LogP contribution in [0.1, 0.15) is 45.8 Å². The predicted molar refractivity (Wildman–Crippen MR) is 118 cm³/mol. The van der Waals surface area contributed by atoms with E-state index < -0.39 is 0 Å². The second kappa shape index (κ2) is 8.03. The van der Waals surface area contributed by atoms with E-state index in [2.05, 4.69) is 22.8 Å². The number of ether oxygens (including phenoxy) is 1. The van der Waals surface area contributed by atoms with Gasteiger partial charge in [-0.3, -0.25) is 9.59 Å². The summed E-state index contributed by atoms with van der Waals surface area (Å²) in [6.45, 7) is 0.341. The number of pyridine rings is 1. The third kappa shape index (κ3) is 3.87. The Bertz CT molecular complexity index is 1150. The van der Waals surface area contributed by atoms with E-state index in [-0.39, 0.29) is 18.4 Å². The highest BCUT2D eigenvalue weighted by Gasteiger charge is 2.27. The van der Waals surface area contributed by atoms with E-state index in [0.29, 0.717) is 18.1 Å². The van der Waals surface area contributed by atoms with Gasteiger partial charge in [-0.25, -0.2) is 4.98 Å². The standard InChI is InChI=1S/C24H22N2O3S/c27-21(29-14-15-7-8-15)13-25-24(28)22-18-5-1-2-6-20(18)26-23-16(9-10-19(22)23)12-17-4-3-11-30-17/h1-6,11-12,15H,7-10,13-14H2,(H,25,28)/b16-12-. The first kappa shape index (κ1) is 19.0. The van der Waals surface area contributed by atoms with Gasteiger partial charge in [-0.2, -0.15) is 0 Å². The quantitative estimate of drug-likeness (QED) is 0.600. The van der Waals surface area contributed by atoms with E-state index >= 15 is 0 Å². The lowest BCUT2D eigenvalue weighted by Crippen LogP contribution is -2.31. The van der Waals surface area contributed by atoms with Gasteiger partial charge in [-0.05, 0) is 66.3 Å². The number of thiophene rings is 1. The molecule has 2 aliphatic rings. The maximum absolute atomic E-state index is 13.1. The molecule has 0 radical (unpaired) electrons. The first-order valence-electron chi connectivity index (χ1n) is 10.3. The molecule has 1 fully saturated rings. The van der Waals surface area contributed by atoms with Gasteiger partial charge in [0.1, 0.15) is 6.54 Å². The molecule has 1 amide bonds. The first-order valence-corrected chi connectivity index (χ1v) is 11.2. The highest BCUT2D eigenvalue weighted by molar-refractivity contribution is 7.10. The molecule has 0 saturated heterocycles.